The number of benzene rings is 1. The number of hydrogen-bond donors (Lipinski definition) is 2. The van der Waals surface area contributed by atoms with Crippen molar-refractivity contribution in [3.05, 3.63) is 23.8 Å². The van der Waals surface area contributed by atoms with Crippen molar-refractivity contribution < 1.29 is 14.3 Å². The molecule has 2 aliphatic heterocycles. The maximum atomic E-state index is 12.1. The molecule has 1 aromatic carbocycles. The molecule has 3 rings (SSSR count). The van der Waals surface area contributed by atoms with Gasteiger partial charge in [0.05, 0.1) is 5.92 Å². The number of rotatable bonds is 5. The molecule has 126 valence electrons. The molecule has 3 N–H and O–H groups in total. The molecule has 0 radical (unpaired) electrons. The van der Waals surface area contributed by atoms with Crippen LogP contribution in [0.1, 0.15) is 18.4 Å². The van der Waals surface area contributed by atoms with Crippen molar-refractivity contribution in [2.75, 3.05) is 39.4 Å². The molecule has 1 unspecified atom stereocenters. The highest BCUT2D eigenvalue weighted by Crippen LogP contribution is 2.31. The standard InChI is InChI=1S/C17H25N3O3/c18-5-6-19-17(21)14-2-1-7-20(12-14)11-13-3-4-15-16(10-13)23-9-8-22-15/h3-4,10,14H,1-2,5-9,11-12,18H2,(H,19,21). The maximum Gasteiger partial charge on any atom is 0.224 e. The first-order valence-corrected chi connectivity index (χ1v) is 8.35. The Bertz CT molecular complexity index is 550. The Hall–Kier alpha value is -1.79. The van der Waals surface area contributed by atoms with Gasteiger partial charge in [-0.2, -0.15) is 0 Å². The van der Waals surface area contributed by atoms with Gasteiger partial charge in [-0.25, -0.2) is 0 Å². The van der Waals surface area contributed by atoms with Crippen molar-refractivity contribution in [2.45, 2.75) is 19.4 Å². The van der Waals surface area contributed by atoms with E-state index in [0.29, 0.717) is 26.3 Å². The zero-order valence-corrected chi connectivity index (χ0v) is 13.4. The van der Waals surface area contributed by atoms with Gasteiger partial charge in [-0.1, -0.05) is 6.07 Å². The molecular formula is C17H25N3O3. The van der Waals surface area contributed by atoms with Gasteiger partial charge in [-0.3, -0.25) is 9.69 Å². The summed E-state index contributed by atoms with van der Waals surface area (Å²) in [4.78, 5) is 14.5. The van der Waals surface area contributed by atoms with E-state index in [1.54, 1.807) is 0 Å². The van der Waals surface area contributed by atoms with Gasteiger partial charge < -0.3 is 20.5 Å². The van der Waals surface area contributed by atoms with Crippen LogP contribution in [0.15, 0.2) is 18.2 Å². The molecule has 6 heteroatoms. The topological polar surface area (TPSA) is 76.8 Å². The molecule has 23 heavy (non-hydrogen) atoms. The molecule has 2 aliphatic rings. The Morgan fingerprint density at radius 2 is 2.13 bits per heavy atom. The van der Waals surface area contributed by atoms with Crippen LogP contribution in [0.3, 0.4) is 0 Å². The summed E-state index contributed by atoms with van der Waals surface area (Å²) in [6, 6.07) is 6.09. The van der Waals surface area contributed by atoms with Crippen LogP contribution >= 0.6 is 0 Å². The van der Waals surface area contributed by atoms with E-state index in [0.717, 1.165) is 44.0 Å². The van der Waals surface area contributed by atoms with Crippen LogP contribution in [-0.2, 0) is 11.3 Å². The van der Waals surface area contributed by atoms with Crippen molar-refractivity contribution in [3.63, 3.8) is 0 Å². The molecule has 1 amide bonds. The van der Waals surface area contributed by atoms with Gasteiger partial charge >= 0.3 is 0 Å². The molecule has 0 saturated carbocycles. The lowest BCUT2D eigenvalue weighted by molar-refractivity contribution is -0.126. The number of hydrogen-bond acceptors (Lipinski definition) is 5. The van der Waals surface area contributed by atoms with E-state index in [1.807, 2.05) is 12.1 Å². The minimum Gasteiger partial charge on any atom is -0.486 e. The summed E-state index contributed by atoms with van der Waals surface area (Å²) in [5.74, 6) is 1.83. The number of amides is 1. The number of fused-ring (bicyclic) bond motifs is 1. The smallest absolute Gasteiger partial charge is 0.224 e. The average Bonchev–Trinajstić information content (AvgIpc) is 2.60. The summed E-state index contributed by atoms with van der Waals surface area (Å²) in [6.07, 6.45) is 2.00. The van der Waals surface area contributed by atoms with E-state index in [2.05, 4.69) is 16.3 Å². The molecule has 0 aromatic heterocycles. The predicted molar refractivity (Wildman–Crippen MR) is 87.5 cm³/mol. The third-order valence-electron chi connectivity index (χ3n) is 4.33. The number of piperidine rings is 1. The third kappa shape index (κ3) is 4.14. The fourth-order valence-corrected chi connectivity index (χ4v) is 3.20. The second-order valence-corrected chi connectivity index (χ2v) is 6.13. The van der Waals surface area contributed by atoms with Crippen LogP contribution in [-0.4, -0.2) is 50.2 Å². The SMILES string of the molecule is NCCNC(=O)C1CCCN(Cc2ccc3c(c2)OCCO3)C1. The first kappa shape index (κ1) is 16.1. The first-order valence-electron chi connectivity index (χ1n) is 8.35. The molecule has 0 aliphatic carbocycles. The lowest BCUT2D eigenvalue weighted by atomic mass is 9.96. The van der Waals surface area contributed by atoms with Crippen molar-refractivity contribution in [3.8, 4) is 11.5 Å². The lowest BCUT2D eigenvalue weighted by Crippen LogP contribution is -2.43. The minimum atomic E-state index is 0.0625. The molecule has 1 saturated heterocycles. The number of carbonyl (C=O) groups is 1. The highest BCUT2D eigenvalue weighted by atomic mass is 16.6. The molecule has 1 aromatic rings. The molecule has 0 spiro atoms. The van der Waals surface area contributed by atoms with Crippen molar-refractivity contribution in [2.24, 2.45) is 11.7 Å². The summed E-state index contributed by atoms with van der Waals surface area (Å²) >= 11 is 0. The van der Waals surface area contributed by atoms with Crippen LogP contribution in [0.2, 0.25) is 0 Å². The zero-order valence-electron chi connectivity index (χ0n) is 13.4. The third-order valence-corrected chi connectivity index (χ3v) is 4.33. The summed E-state index contributed by atoms with van der Waals surface area (Å²) in [7, 11) is 0. The zero-order chi connectivity index (χ0) is 16.1. The van der Waals surface area contributed by atoms with Crippen molar-refractivity contribution in [1.82, 2.24) is 10.2 Å². The maximum absolute atomic E-state index is 12.1. The lowest BCUT2D eigenvalue weighted by Gasteiger charge is -2.32. The normalized spacial score (nSPS) is 21.0. The molecule has 6 nitrogen and oxygen atoms in total. The highest BCUT2D eigenvalue weighted by Gasteiger charge is 2.25. The van der Waals surface area contributed by atoms with Gasteiger partial charge in [-0.05, 0) is 37.1 Å². The van der Waals surface area contributed by atoms with E-state index in [-0.39, 0.29) is 11.8 Å². The Kier molecular flexibility index (Phi) is 5.35. The minimum absolute atomic E-state index is 0.0625. The van der Waals surface area contributed by atoms with Gasteiger partial charge in [0.2, 0.25) is 5.91 Å². The fraction of sp³-hybridized carbons (Fsp3) is 0.588. The highest BCUT2D eigenvalue weighted by molar-refractivity contribution is 5.78. The largest absolute Gasteiger partial charge is 0.486 e. The van der Waals surface area contributed by atoms with Gasteiger partial charge in [0.25, 0.3) is 0 Å². The van der Waals surface area contributed by atoms with E-state index in [4.69, 9.17) is 15.2 Å². The molecule has 2 heterocycles. The summed E-state index contributed by atoms with van der Waals surface area (Å²) < 4.78 is 11.2. The Morgan fingerprint density at radius 3 is 2.96 bits per heavy atom. The molecular weight excluding hydrogens is 294 g/mol. The second-order valence-electron chi connectivity index (χ2n) is 6.13. The van der Waals surface area contributed by atoms with Crippen LogP contribution in [0.5, 0.6) is 11.5 Å². The molecule has 0 bridgehead atoms. The Morgan fingerprint density at radius 1 is 1.30 bits per heavy atom. The van der Waals surface area contributed by atoms with Crippen LogP contribution < -0.4 is 20.5 Å². The number of carbonyl (C=O) groups excluding carboxylic acids is 1. The number of nitrogens with zero attached hydrogens (tertiary/aromatic N) is 1. The molecule has 1 fully saturated rings. The van der Waals surface area contributed by atoms with Gasteiger partial charge in [0.1, 0.15) is 13.2 Å². The first-order chi connectivity index (χ1) is 11.3. The monoisotopic (exact) mass is 319 g/mol. The van der Waals surface area contributed by atoms with E-state index in [1.165, 1.54) is 5.56 Å². The van der Waals surface area contributed by atoms with Crippen molar-refractivity contribution >= 4 is 5.91 Å². The quantitative estimate of drug-likeness (QED) is 0.837. The van der Waals surface area contributed by atoms with Gasteiger partial charge in [-0.15, -0.1) is 0 Å². The fourth-order valence-electron chi connectivity index (χ4n) is 3.20. The van der Waals surface area contributed by atoms with E-state index >= 15 is 0 Å². The second kappa shape index (κ2) is 7.66. The van der Waals surface area contributed by atoms with Crippen LogP contribution in [0.25, 0.3) is 0 Å². The van der Waals surface area contributed by atoms with Crippen molar-refractivity contribution in [1.29, 1.82) is 0 Å². The number of nitrogens with one attached hydrogen (secondary N) is 1. The summed E-state index contributed by atoms with van der Waals surface area (Å²) in [5.41, 5.74) is 6.64. The van der Waals surface area contributed by atoms with Gasteiger partial charge in [0, 0.05) is 26.2 Å². The Balaban J connectivity index is 1.58. The van der Waals surface area contributed by atoms with E-state index < -0.39 is 0 Å². The molecule has 1 atom stereocenters. The summed E-state index contributed by atoms with van der Waals surface area (Å²) in [5, 5.41) is 2.90. The number of likely N-dealkylation sites (tertiary alicyclic amines) is 1. The van der Waals surface area contributed by atoms with Crippen LogP contribution in [0.4, 0.5) is 0 Å². The number of ether oxygens (including phenoxy) is 2. The van der Waals surface area contributed by atoms with E-state index in [9.17, 15) is 4.79 Å². The average molecular weight is 319 g/mol. The van der Waals surface area contributed by atoms with Gasteiger partial charge in [0.15, 0.2) is 11.5 Å². The Labute approximate surface area is 136 Å². The number of nitrogens with two attached hydrogens (primary N) is 1. The predicted octanol–water partition coefficient (Wildman–Crippen LogP) is 0.745. The summed E-state index contributed by atoms with van der Waals surface area (Å²) in [6.45, 7) is 4.90. The van der Waals surface area contributed by atoms with Crippen LogP contribution in [0, 0.1) is 5.92 Å².